The molecule has 3 atom stereocenters. The number of hydrogen-bond acceptors (Lipinski definition) is 5. The number of aromatic nitrogens is 1. The second kappa shape index (κ2) is 9.37. The largest absolute Gasteiger partial charge is 0.367 e. The maximum atomic E-state index is 12.6. The van der Waals surface area contributed by atoms with E-state index in [1.54, 1.807) is 11.5 Å². The van der Waals surface area contributed by atoms with E-state index >= 15 is 0 Å². The highest BCUT2D eigenvalue weighted by Crippen LogP contribution is 2.37. The molecule has 0 spiro atoms. The van der Waals surface area contributed by atoms with E-state index in [4.69, 9.17) is 0 Å². The summed E-state index contributed by atoms with van der Waals surface area (Å²) in [5, 5.41) is 11.4. The van der Waals surface area contributed by atoms with E-state index < -0.39 is 0 Å². The molecule has 1 heterocycles. The molecule has 162 valence electrons. The fourth-order valence-corrected chi connectivity index (χ4v) is 5.43. The van der Waals surface area contributed by atoms with Crippen LogP contribution < -0.4 is 16.0 Å². The Balaban J connectivity index is 0.965. The molecule has 0 bridgehead atoms. The predicted molar refractivity (Wildman–Crippen MR) is 128 cm³/mol. The van der Waals surface area contributed by atoms with Crippen LogP contribution in [0.5, 0.6) is 0 Å². The van der Waals surface area contributed by atoms with Gasteiger partial charge in [-0.1, -0.05) is 36.4 Å². The summed E-state index contributed by atoms with van der Waals surface area (Å²) in [6.45, 7) is 3.64. The number of carbonyl (C=O) groups excluding carboxylic acids is 1. The molecule has 3 aromatic rings. The average molecular weight is 435 g/mol. The Kier molecular flexibility index (Phi) is 6.18. The summed E-state index contributed by atoms with van der Waals surface area (Å²) in [5.74, 6) is 2.68. The fraction of sp³-hybridized carbons (Fsp3) is 0.440. The van der Waals surface area contributed by atoms with Gasteiger partial charge in [-0.2, -0.15) is 4.37 Å². The van der Waals surface area contributed by atoms with E-state index in [1.807, 2.05) is 0 Å². The Morgan fingerprint density at radius 1 is 1.00 bits per heavy atom. The van der Waals surface area contributed by atoms with Crippen molar-refractivity contribution >= 4 is 33.3 Å². The number of rotatable bonds is 9. The molecule has 3 unspecified atom stereocenters. The second-order valence-electron chi connectivity index (χ2n) is 8.87. The van der Waals surface area contributed by atoms with Gasteiger partial charge in [-0.15, -0.1) is 0 Å². The molecule has 2 aromatic carbocycles. The van der Waals surface area contributed by atoms with Gasteiger partial charge in [0.05, 0.1) is 4.70 Å². The van der Waals surface area contributed by atoms with Crippen molar-refractivity contribution in [3.05, 3.63) is 59.7 Å². The zero-order valence-electron chi connectivity index (χ0n) is 17.8. The molecule has 1 saturated carbocycles. The number of anilines is 1. The lowest BCUT2D eigenvalue weighted by molar-refractivity contribution is -0.125. The van der Waals surface area contributed by atoms with Crippen molar-refractivity contribution in [1.82, 2.24) is 15.0 Å². The quantitative estimate of drug-likeness (QED) is 0.448. The highest BCUT2D eigenvalue weighted by Gasteiger charge is 2.37. The number of fused-ring (bicyclic) bond motifs is 2. The summed E-state index contributed by atoms with van der Waals surface area (Å²) < 4.78 is 5.73. The maximum absolute atomic E-state index is 12.6. The Morgan fingerprint density at radius 2 is 1.81 bits per heavy atom. The van der Waals surface area contributed by atoms with Crippen LogP contribution in [0.4, 0.5) is 5.82 Å². The van der Waals surface area contributed by atoms with Crippen LogP contribution in [0.25, 0.3) is 10.1 Å². The summed E-state index contributed by atoms with van der Waals surface area (Å²) >= 11 is 1.54. The van der Waals surface area contributed by atoms with Gasteiger partial charge in [-0.05, 0) is 78.9 Å². The van der Waals surface area contributed by atoms with E-state index in [0.717, 1.165) is 51.3 Å². The number of benzene rings is 2. The molecule has 5 rings (SSSR count). The summed E-state index contributed by atoms with van der Waals surface area (Å²) in [4.78, 5) is 12.6. The van der Waals surface area contributed by atoms with E-state index in [0.29, 0.717) is 11.8 Å². The van der Waals surface area contributed by atoms with Crippen molar-refractivity contribution in [2.75, 3.05) is 31.5 Å². The third kappa shape index (κ3) is 4.91. The van der Waals surface area contributed by atoms with Crippen LogP contribution in [0.3, 0.4) is 0 Å². The summed E-state index contributed by atoms with van der Waals surface area (Å²) in [6.07, 6.45) is 4.10. The number of aryl methyl sites for hydroxylation is 1. The minimum absolute atomic E-state index is 0.137. The molecule has 1 fully saturated rings. The average Bonchev–Trinajstić information content (AvgIpc) is 3.44. The third-order valence-electron chi connectivity index (χ3n) is 6.70. The van der Waals surface area contributed by atoms with Crippen molar-refractivity contribution < 1.29 is 4.79 Å². The van der Waals surface area contributed by atoms with Gasteiger partial charge in [0.2, 0.25) is 5.91 Å². The highest BCUT2D eigenvalue weighted by molar-refractivity contribution is 7.13. The Bertz CT molecular complexity index is 1050. The number of amides is 1. The first-order valence-corrected chi connectivity index (χ1v) is 12.2. The minimum atomic E-state index is 0.137. The Hall–Kier alpha value is -2.44. The number of carbonyl (C=O) groups is 1. The first kappa shape index (κ1) is 20.5. The standard InChI is InChI=1S/C25H30N4OS/c30-25(19-10-9-17-5-1-2-6-18(17)13-19)28-16-21-14-20(21)15-26-11-12-27-24-22-7-3-4-8-23(22)31-29-24/h1-8,19-21,26H,9-16H2,(H,27,29)(H,28,30). The number of nitrogens with one attached hydrogen (secondary N) is 3. The van der Waals surface area contributed by atoms with Gasteiger partial charge >= 0.3 is 0 Å². The molecule has 2 aliphatic rings. The van der Waals surface area contributed by atoms with Crippen molar-refractivity contribution in [3.63, 3.8) is 0 Å². The van der Waals surface area contributed by atoms with E-state index in [-0.39, 0.29) is 11.8 Å². The molecule has 0 saturated heterocycles. The predicted octanol–water partition coefficient (Wildman–Crippen LogP) is 3.86. The molecule has 0 aliphatic heterocycles. The monoisotopic (exact) mass is 434 g/mol. The van der Waals surface area contributed by atoms with Gasteiger partial charge in [0.1, 0.15) is 5.82 Å². The first-order valence-electron chi connectivity index (χ1n) is 11.4. The fourth-order valence-electron chi connectivity index (χ4n) is 4.68. The summed E-state index contributed by atoms with van der Waals surface area (Å²) in [7, 11) is 0. The number of hydrogen-bond donors (Lipinski definition) is 3. The Labute approximate surface area is 187 Å². The molecule has 0 radical (unpaired) electrons. The van der Waals surface area contributed by atoms with Crippen LogP contribution in [-0.4, -0.2) is 36.5 Å². The molecular weight excluding hydrogens is 404 g/mol. The molecule has 1 aromatic heterocycles. The maximum Gasteiger partial charge on any atom is 0.223 e. The lowest BCUT2D eigenvalue weighted by Crippen LogP contribution is -2.35. The van der Waals surface area contributed by atoms with Crippen molar-refractivity contribution in [2.24, 2.45) is 17.8 Å². The SMILES string of the molecule is O=C(NCC1CC1CNCCNc1nsc2ccccc12)C1CCc2ccccc2C1. The molecule has 6 heteroatoms. The molecule has 5 nitrogen and oxygen atoms in total. The molecule has 31 heavy (non-hydrogen) atoms. The normalized spacial score (nSPS) is 22.1. The van der Waals surface area contributed by atoms with Gasteiger partial charge in [0.25, 0.3) is 0 Å². The summed E-state index contributed by atoms with van der Waals surface area (Å²) in [6, 6.07) is 16.9. The smallest absolute Gasteiger partial charge is 0.223 e. The van der Waals surface area contributed by atoms with Crippen LogP contribution in [0.1, 0.15) is 24.0 Å². The lowest BCUT2D eigenvalue weighted by Gasteiger charge is -2.23. The van der Waals surface area contributed by atoms with E-state index in [9.17, 15) is 4.79 Å². The second-order valence-corrected chi connectivity index (χ2v) is 9.67. The van der Waals surface area contributed by atoms with Gasteiger partial charge in [0, 0.05) is 30.9 Å². The van der Waals surface area contributed by atoms with E-state index in [1.165, 1.54) is 27.6 Å². The van der Waals surface area contributed by atoms with Crippen LogP contribution in [-0.2, 0) is 17.6 Å². The van der Waals surface area contributed by atoms with Crippen LogP contribution in [0.2, 0.25) is 0 Å². The molecular formula is C25H30N4OS. The zero-order valence-corrected chi connectivity index (χ0v) is 18.6. The first-order chi connectivity index (χ1) is 15.3. The third-order valence-corrected chi connectivity index (χ3v) is 7.53. The Morgan fingerprint density at radius 3 is 2.74 bits per heavy atom. The van der Waals surface area contributed by atoms with Crippen LogP contribution in [0.15, 0.2) is 48.5 Å². The lowest BCUT2D eigenvalue weighted by atomic mass is 9.83. The molecule has 2 aliphatic carbocycles. The highest BCUT2D eigenvalue weighted by atomic mass is 32.1. The van der Waals surface area contributed by atoms with Crippen LogP contribution in [0, 0.1) is 17.8 Å². The number of nitrogens with zero attached hydrogens (tertiary/aromatic N) is 1. The van der Waals surface area contributed by atoms with Gasteiger partial charge in [-0.3, -0.25) is 4.79 Å². The molecule has 3 N–H and O–H groups in total. The minimum Gasteiger partial charge on any atom is -0.367 e. The van der Waals surface area contributed by atoms with Gasteiger partial charge < -0.3 is 16.0 Å². The zero-order chi connectivity index (χ0) is 21.0. The van der Waals surface area contributed by atoms with E-state index in [2.05, 4.69) is 68.9 Å². The van der Waals surface area contributed by atoms with Crippen LogP contribution >= 0.6 is 11.5 Å². The van der Waals surface area contributed by atoms with Crippen molar-refractivity contribution in [2.45, 2.75) is 25.7 Å². The van der Waals surface area contributed by atoms with Gasteiger partial charge in [0.15, 0.2) is 0 Å². The van der Waals surface area contributed by atoms with Crippen molar-refractivity contribution in [1.29, 1.82) is 0 Å². The summed E-state index contributed by atoms with van der Waals surface area (Å²) in [5.41, 5.74) is 2.76. The molecule has 1 amide bonds. The van der Waals surface area contributed by atoms with Gasteiger partial charge in [-0.25, -0.2) is 0 Å². The van der Waals surface area contributed by atoms with Crippen molar-refractivity contribution in [3.8, 4) is 0 Å². The topological polar surface area (TPSA) is 66.1 Å².